The van der Waals surface area contributed by atoms with Gasteiger partial charge in [0, 0.05) is 11.3 Å². The molecule has 0 aromatic heterocycles. The second-order valence-electron chi connectivity index (χ2n) is 4.18. The minimum Gasteiger partial charge on any atom is -0.428 e. The Labute approximate surface area is 103 Å². The third-order valence-electron chi connectivity index (χ3n) is 2.69. The molecule has 6 heteroatoms. The van der Waals surface area contributed by atoms with Gasteiger partial charge in [0.1, 0.15) is 23.8 Å². The molecule has 0 radical (unpaired) electrons. The molecule has 18 heavy (non-hydrogen) atoms. The van der Waals surface area contributed by atoms with Crippen molar-refractivity contribution in [1.29, 1.82) is 0 Å². The number of benzene rings is 1. The van der Waals surface area contributed by atoms with Crippen LogP contribution < -0.4 is 11.5 Å². The standard InChI is InChI=1S/C12H13F2N3O/c1-12(5-8(6-13)18-11(16)17-12)9-4-7(15)2-3-10(9)14/h2-5H,6,15H2,1H3,(H2,16,17)/t12-/m0/s1. The van der Waals surface area contributed by atoms with Crippen LogP contribution in [-0.4, -0.2) is 12.7 Å². The summed E-state index contributed by atoms with van der Waals surface area (Å²) in [6.07, 6.45) is 1.39. The maximum atomic E-state index is 13.8. The van der Waals surface area contributed by atoms with Gasteiger partial charge in [-0.15, -0.1) is 0 Å². The molecule has 4 N–H and O–H groups in total. The van der Waals surface area contributed by atoms with E-state index in [0.29, 0.717) is 5.69 Å². The topological polar surface area (TPSA) is 73.6 Å². The fraction of sp³-hybridized carbons (Fsp3) is 0.250. The van der Waals surface area contributed by atoms with Gasteiger partial charge in [0.05, 0.1) is 0 Å². The van der Waals surface area contributed by atoms with Crippen LogP contribution in [0.15, 0.2) is 35.0 Å². The van der Waals surface area contributed by atoms with Gasteiger partial charge in [-0.05, 0) is 31.2 Å². The number of hydrogen-bond donors (Lipinski definition) is 2. The van der Waals surface area contributed by atoms with Crippen LogP contribution in [0.5, 0.6) is 0 Å². The molecule has 0 spiro atoms. The summed E-state index contributed by atoms with van der Waals surface area (Å²) in [5, 5.41) is 0. The van der Waals surface area contributed by atoms with Gasteiger partial charge in [0.2, 0.25) is 0 Å². The number of halogens is 2. The molecular formula is C12H13F2N3O. The Morgan fingerprint density at radius 1 is 1.39 bits per heavy atom. The van der Waals surface area contributed by atoms with Gasteiger partial charge in [0.25, 0.3) is 6.02 Å². The number of alkyl halides is 1. The summed E-state index contributed by atoms with van der Waals surface area (Å²) in [6.45, 7) is 0.769. The van der Waals surface area contributed by atoms with Gasteiger partial charge in [0.15, 0.2) is 0 Å². The van der Waals surface area contributed by atoms with Crippen LogP contribution in [0, 0.1) is 5.82 Å². The molecule has 0 amide bonds. The van der Waals surface area contributed by atoms with E-state index < -0.39 is 18.0 Å². The van der Waals surface area contributed by atoms with Gasteiger partial charge < -0.3 is 16.2 Å². The van der Waals surface area contributed by atoms with Gasteiger partial charge >= 0.3 is 0 Å². The molecule has 1 aliphatic heterocycles. The molecular weight excluding hydrogens is 240 g/mol. The number of nitrogens with zero attached hydrogens (tertiary/aromatic N) is 1. The Bertz CT molecular complexity index is 542. The first kappa shape index (κ1) is 12.3. The third-order valence-corrected chi connectivity index (χ3v) is 2.69. The van der Waals surface area contributed by atoms with Crippen LogP contribution >= 0.6 is 0 Å². The van der Waals surface area contributed by atoms with E-state index in [-0.39, 0.29) is 17.3 Å². The van der Waals surface area contributed by atoms with Crippen LogP contribution in [0.1, 0.15) is 12.5 Å². The third kappa shape index (κ3) is 2.13. The monoisotopic (exact) mass is 253 g/mol. The van der Waals surface area contributed by atoms with Crippen molar-refractivity contribution in [1.82, 2.24) is 0 Å². The number of ether oxygens (including phenoxy) is 1. The molecule has 0 aliphatic carbocycles. The highest BCUT2D eigenvalue weighted by Crippen LogP contribution is 2.34. The lowest BCUT2D eigenvalue weighted by molar-refractivity contribution is 0.315. The number of allylic oxidation sites excluding steroid dienone is 1. The van der Waals surface area contributed by atoms with Gasteiger partial charge in [-0.25, -0.2) is 13.8 Å². The van der Waals surface area contributed by atoms with E-state index in [1.807, 2.05) is 0 Å². The summed E-state index contributed by atoms with van der Waals surface area (Å²) >= 11 is 0. The largest absolute Gasteiger partial charge is 0.428 e. The molecule has 1 aromatic carbocycles. The van der Waals surface area contributed by atoms with E-state index in [1.165, 1.54) is 24.3 Å². The Kier molecular flexibility index (Phi) is 2.94. The van der Waals surface area contributed by atoms with Crippen molar-refractivity contribution < 1.29 is 13.5 Å². The molecule has 1 atom stereocenters. The molecule has 96 valence electrons. The summed E-state index contributed by atoms with van der Waals surface area (Å²) in [5.41, 5.74) is 10.6. The van der Waals surface area contributed by atoms with Crippen molar-refractivity contribution in [3.63, 3.8) is 0 Å². The molecule has 1 aliphatic rings. The van der Waals surface area contributed by atoms with Crippen molar-refractivity contribution >= 4 is 11.7 Å². The number of nitrogen functional groups attached to an aromatic ring is 1. The highest BCUT2D eigenvalue weighted by molar-refractivity contribution is 5.75. The second-order valence-corrected chi connectivity index (χ2v) is 4.18. The van der Waals surface area contributed by atoms with E-state index in [4.69, 9.17) is 16.2 Å². The molecule has 2 rings (SSSR count). The lowest BCUT2D eigenvalue weighted by Gasteiger charge is -2.27. The first-order chi connectivity index (χ1) is 8.44. The highest BCUT2D eigenvalue weighted by atomic mass is 19.1. The van der Waals surface area contributed by atoms with Crippen LogP contribution in [0.4, 0.5) is 14.5 Å². The van der Waals surface area contributed by atoms with Crippen LogP contribution in [-0.2, 0) is 10.3 Å². The number of rotatable bonds is 2. The van der Waals surface area contributed by atoms with Crippen molar-refractivity contribution in [3.05, 3.63) is 41.4 Å². The minimum atomic E-state index is -1.12. The smallest absolute Gasteiger partial charge is 0.288 e. The van der Waals surface area contributed by atoms with E-state index in [1.54, 1.807) is 6.92 Å². The summed E-state index contributed by atoms with van der Waals surface area (Å²) in [4.78, 5) is 4.02. The van der Waals surface area contributed by atoms with Crippen molar-refractivity contribution in [3.8, 4) is 0 Å². The zero-order valence-electron chi connectivity index (χ0n) is 9.78. The van der Waals surface area contributed by atoms with Crippen LogP contribution in [0.2, 0.25) is 0 Å². The van der Waals surface area contributed by atoms with Crippen molar-refractivity contribution in [2.75, 3.05) is 12.4 Å². The lowest BCUT2D eigenvalue weighted by atomic mass is 9.90. The first-order valence-corrected chi connectivity index (χ1v) is 5.31. The molecule has 0 bridgehead atoms. The number of aliphatic imine (C=N–C) groups is 1. The molecule has 4 nitrogen and oxygen atoms in total. The summed E-state index contributed by atoms with van der Waals surface area (Å²) in [7, 11) is 0. The Morgan fingerprint density at radius 2 is 2.11 bits per heavy atom. The normalized spacial score (nSPS) is 23.1. The number of amidine groups is 1. The number of anilines is 1. The molecule has 1 aromatic rings. The van der Waals surface area contributed by atoms with Crippen molar-refractivity contribution in [2.45, 2.75) is 12.5 Å². The first-order valence-electron chi connectivity index (χ1n) is 5.31. The Balaban J connectivity index is 2.56. The quantitative estimate of drug-likeness (QED) is 0.789. The van der Waals surface area contributed by atoms with E-state index in [9.17, 15) is 8.78 Å². The lowest BCUT2D eigenvalue weighted by Crippen LogP contribution is -2.31. The second kappa shape index (κ2) is 4.29. The predicted molar refractivity (Wildman–Crippen MR) is 64.9 cm³/mol. The fourth-order valence-electron chi connectivity index (χ4n) is 1.90. The van der Waals surface area contributed by atoms with E-state index in [2.05, 4.69) is 4.99 Å². The zero-order chi connectivity index (χ0) is 13.3. The van der Waals surface area contributed by atoms with E-state index in [0.717, 1.165) is 0 Å². The Hall–Kier alpha value is -2.11. The summed E-state index contributed by atoms with van der Waals surface area (Å²) in [5.74, 6) is -0.480. The molecule has 0 saturated carbocycles. The number of hydrogen-bond acceptors (Lipinski definition) is 4. The summed E-state index contributed by atoms with van der Waals surface area (Å²) < 4.78 is 31.4. The van der Waals surface area contributed by atoms with Gasteiger partial charge in [-0.3, -0.25) is 0 Å². The minimum absolute atomic E-state index is 0.00632. The molecule has 0 fully saturated rings. The maximum absolute atomic E-state index is 13.8. The van der Waals surface area contributed by atoms with E-state index >= 15 is 0 Å². The van der Waals surface area contributed by atoms with Gasteiger partial charge in [-0.1, -0.05) is 0 Å². The van der Waals surface area contributed by atoms with Gasteiger partial charge in [-0.2, -0.15) is 0 Å². The molecule has 0 unspecified atom stereocenters. The molecule has 1 heterocycles. The molecule has 0 saturated heterocycles. The van der Waals surface area contributed by atoms with Crippen molar-refractivity contribution in [2.24, 2.45) is 10.7 Å². The van der Waals surface area contributed by atoms with Crippen LogP contribution in [0.25, 0.3) is 0 Å². The summed E-state index contributed by atoms with van der Waals surface area (Å²) in [6, 6.07) is 3.92. The number of nitrogens with two attached hydrogens (primary N) is 2. The highest BCUT2D eigenvalue weighted by Gasteiger charge is 2.32. The SMILES string of the molecule is C[C@@]1(c2cc(N)ccc2F)C=C(CF)OC(N)=N1. The predicted octanol–water partition coefficient (Wildman–Crippen LogP) is 1.82. The zero-order valence-corrected chi connectivity index (χ0v) is 9.78. The average molecular weight is 253 g/mol. The Morgan fingerprint density at radius 3 is 2.78 bits per heavy atom. The maximum Gasteiger partial charge on any atom is 0.288 e. The van der Waals surface area contributed by atoms with Crippen LogP contribution in [0.3, 0.4) is 0 Å². The average Bonchev–Trinajstić information content (AvgIpc) is 2.31. The fourth-order valence-corrected chi connectivity index (χ4v) is 1.90.